The average Bonchev–Trinajstić information content (AvgIpc) is 3.30. The molecule has 3 heterocycles. The van der Waals surface area contributed by atoms with Crippen LogP contribution >= 0.6 is 24.0 Å². The quantitative estimate of drug-likeness (QED) is 0.358. The van der Waals surface area contributed by atoms with Crippen LogP contribution in [0.5, 0.6) is 0 Å². The van der Waals surface area contributed by atoms with Crippen molar-refractivity contribution in [3.63, 3.8) is 0 Å². The van der Waals surface area contributed by atoms with Gasteiger partial charge in [0.2, 0.25) is 0 Å². The molecule has 7 nitrogen and oxygen atoms in total. The van der Waals surface area contributed by atoms with Crippen LogP contribution in [0.3, 0.4) is 0 Å². The highest BCUT2D eigenvalue weighted by molar-refractivity contribution is 14.0. The second-order valence-corrected chi connectivity index (χ2v) is 6.87. The van der Waals surface area contributed by atoms with Crippen molar-refractivity contribution in [3.8, 4) is 0 Å². The van der Waals surface area contributed by atoms with Crippen molar-refractivity contribution in [2.45, 2.75) is 71.5 Å². The molecule has 3 rings (SSSR count). The SMILES string of the molecule is CCc1nc2n(n1)CC(NC(=NCCc1ccco1)NC(C)CC)CC2.I. The van der Waals surface area contributed by atoms with Crippen LogP contribution in [0, 0.1) is 0 Å². The molecule has 0 aliphatic carbocycles. The Morgan fingerprint density at radius 1 is 1.44 bits per heavy atom. The summed E-state index contributed by atoms with van der Waals surface area (Å²) in [7, 11) is 0. The van der Waals surface area contributed by atoms with Crippen LogP contribution in [0.2, 0.25) is 0 Å². The number of nitrogens with one attached hydrogen (secondary N) is 2. The molecule has 0 radical (unpaired) electrons. The molecule has 2 aromatic heterocycles. The number of aliphatic imine (C=N–C) groups is 1. The molecule has 0 saturated heterocycles. The number of fused-ring (bicyclic) bond motifs is 1. The summed E-state index contributed by atoms with van der Waals surface area (Å²) in [6.07, 6.45) is 6.44. The van der Waals surface area contributed by atoms with Crippen LogP contribution < -0.4 is 10.6 Å². The number of aryl methyl sites for hydroxylation is 2. The number of halogens is 1. The average molecular weight is 486 g/mol. The molecule has 2 N–H and O–H groups in total. The van der Waals surface area contributed by atoms with Gasteiger partial charge in [0, 0.05) is 37.9 Å². The van der Waals surface area contributed by atoms with Crippen molar-refractivity contribution in [1.29, 1.82) is 0 Å². The lowest BCUT2D eigenvalue weighted by molar-refractivity contribution is 0.390. The first-order chi connectivity index (χ1) is 12.7. The maximum atomic E-state index is 5.39. The minimum Gasteiger partial charge on any atom is -0.469 e. The molecule has 2 aromatic rings. The summed E-state index contributed by atoms with van der Waals surface area (Å²) < 4.78 is 7.44. The highest BCUT2D eigenvalue weighted by Gasteiger charge is 2.22. The Morgan fingerprint density at radius 3 is 3.00 bits per heavy atom. The van der Waals surface area contributed by atoms with Gasteiger partial charge in [-0.1, -0.05) is 13.8 Å². The van der Waals surface area contributed by atoms with Crippen LogP contribution in [0.25, 0.3) is 0 Å². The second kappa shape index (κ2) is 10.7. The molecule has 0 amide bonds. The second-order valence-electron chi connectivity index (χ2n) is 6.87. The number of nitrogens with zero attached hydrogens (tertiary/aromatic N) is 4. The van der Waals surface area contributed by atoms with Crippen LogP contribution in [-0.2, 0) is 25.8 Å². The van der Waals surface area contributed by atoms with Gasteiger partial charge in [-0.05, 0) is 31.9 Å². The zero-order valence-corrected chi connectivity index (χ0v) is 18.8. The minimum absolute atomic E-state index is 0. The molecule has 0 saturated carbocycles. The van der Waals surface area contributed by atoms with Crippen molar-refractivity contribution in [1.82, 2.24) is 25.4 Å². The summed E-state index contributed by atoms with van der Waals surface area (Å²) in [6.45, 7) is 7.97. The third-order valence-corrected chi connectivity index (χ3v) is 4.76. The monoisotopic (exact) mass is 486 g/mol. The van der Waals surface area contributed by atoms with Gasteiger partial charge in [-0.3, -0.25) is 4.99 Å². The topological polar surface area (TPSA) is 80.3 Å². The van der Waals surface area contributed by atoms with Crippen molar-refractivity contribution >= 4 is 29.9 Å². The summed E-state index contributed by atoms with van der Waals surface area (Å²) in [6, 6.07) is 4.59. The Balaban J connectivity index is 0.00000261. The van der Waals surface area contributed by atoms with Crippen molar-refractivity contribution in [3.05, 3.63) is 35.8 Å². The summed E-state index contributed by atoms with van der Waals surface area (Å²) in [5.41, 5.74) is 0. The number of rotatable bonds is 7. The number of guanidine groups is 1. The van der Waals surface area contributed by atoms with E-state index in [-0.39, 0.29) is 24.0 Å². The van der Waals surface area contributed by atoms with Crippen LogP contribution in [-0.4, -0.2) is 39.4 Å². The Labute approximate surface area is 178 Å². The van der Waals surface area contributed by atoms with Crippen molar-refractivity contribution in [2.75, 3.05) is 6.54 Å². The highest BCUT2D eigenvalue weighted by Crippen LogP contribution is 2.13. The highest BCUT2D eigenvalue weighted by atomic mass is 127. The van der Waals surface area contributed by atoms with Crippen LogP contribution in [0.1, 0.15) is 51.0 Å². The third kappa shape index (κ3) is 6.22. The molecular formula is C19H31IN6O. The summed E-state index contributed by atoms with van der Waals surface area (Å²) in [5, 5.41) is 11.7. The predicted octanol–water partition coefficient (Wildman–Crippen LogP) is 2.94. The van der Waals surface area contributed by atoms with E-state index < -0.39 is 0 Å². The fourth-order valence-corrected chi connectivity index (χ4v) is 3.02. The first-order valence-electron chi connectivity index (χ1n) is 9.70. The smallest absolute Gasteiger partial charge is 0.191 e. The molecule has 1 aliphatic rings. The molecule has 150 valence electrons. The third-order valence-electron chi connectivity index (χ3n) is 4.76. The fourth-order valence-electron chi connectivity index (χ4n) is 3.02. The largest absolute Gasteiger partial charge is 0.469 e. The van der Waals surface area contributed by atoms with Gasteiger partial charge in [0.05, 0.1) is 12.8 Å². The molecule has 0 fully saturated rings. The van der Waals surface area contributed by atoms with Gasteiger partial charge in [0.1, 0.15) is 11.6 Å². The van der Waals surface area contributed by atoms with Gasteiger partial charge in [-0.25, -0.2) is 9.67 Å². The van der Waals surface area contributed by atoms with Gasteiger partial charge >= 0.3 is 0 Å². The molecular weight excluding hydrogens is 455 g/mol. The lowest BCUT2D eigenvalue weighted by Crippen LogP contribution is -2.49. The molecule has 0 spiro atoms. The molecule has 1 aliphatic heterocycles. The number of hydrogen-bond acceptors (Lipinski definition) is 4. The Kier molecular flexibility index (Phi) is 8.59. The normalized spacial score (nSPS) is 17.7. The molecule has 0 bridgehead atoms. The van der Waals surface area contributed by atoms with Gasteiger partial charge in [-0.15, -0.1) is 24.0 Å². The molecule has 2 atom stereocenters. The predicted molar refractivity (Wildman–Crippen MR) is 118 cm³/mol. The maximum Gasteiger partial charge on any atom is 0.191 e. The summed E-state index contributed by atoms with van der Waals surface area (Å²) in [5.74, 6) is 3.88. The molecule has 2 unspecified atom stereocenters. The van der Waals surface area contributed by atoms with E-state index in [0.717, 1.165) is 62.0 Å². The van der Waals surface area contributed by atoms with Gasteiger partial charge in [-0.2, -0.15) is 5.10 Å². The summed E-state index contributed by atoms with van der Waals surface area (Å²) in [4.78, 5) is 9.34. The number of aromatic nitrogens is 3. The minimum atomic E-state index is 0. The fraction of sp³-hybridized carbons (Fsp3) is 0.632. The van der Waals surface area contributed by atoms with Gasteiger partial charge < -0.3 is 15.1 Å². The van der Waals surface area contributed by atoms with E-state index in [1.54, 1.807) is 6.26 Å². The zero-order chi connectivity index (χ0) is 18.4. The van der Waals surface area contributed by atoms with E-state index in [4.69, 9.17) is 9.41 Å². The van der Waals surface area contributed by atoms with E-state index in [1.807, 2.05) is 16.8 Å². The van der Waals surface area contributed by atoms with Crippen molar-refractivity contribution < 1.29 is 4.42 Å². The molecule has 27 heavy (non-hydrogen) atoms. The van der Waals surface area contributed by atoms with E-state index in [0.29, 0.717) is 18.6 Å². The van der Waals surface area contributed by atoms with E-state index in [1.165, 1.54) is 0 Å². The first kappa shape index (κ1) is 21.7. The molecule has 8 heteroatoms. The van der Waals surface area contributed by atoms with Crippen LogP contribution in [0.15, 0.2) is 27.8 Å². The molecule has 0 aromatic carbocycles. The maximum absolute atomic E-state index is 5.39. The van der Waals surface area contributed by atoms with Gasteiger partial charge in [0.15, 0.2) is 11.8 Å². The lowest BCUT2D eigenvalue weighted by Gasteiger charge is -2.26. The zero-order valence-electron chi connectivity index (χ0n) is 16.4. The van der Waals surface area contributed by atoms with Gasteiger partial charge in [0.25, 0.3) is 0 Å². The first-order valence-corrected chi connectivity index (χ1v) is 9.70. The standard InChI is InChI=1S/C19H30N6O.HI/c1-4-14(3)21-19(20-11-10-16-7-6-12-26-16)22-15-8-9-18-23-17(5-2)24-25(18)13-15;/h6-7,12,14-15H,4-5,8-11,13H2,1-3H3,(H2,20,21,22);1H. The van der Waals surface area contributed by atoms with E-state index >= 15 is 0 Å². The number of furan rings is 1. The van der Waals surface area contributed by atoms with Crippen LogP contribution in [0.4, 0.5) is 0 Å². The lowest BCUT2D eigenvalue weighted by atomic mass is 10.1. The Hall–Kier alpha value is -1.58. The van der Waals surface area contributed by atoms with E-state index in [2.05, 4.69) is 41.5 Å². The Bertz CT molecular complexity index is 712. The number of hydrogen-bond donors (Lipinski definition) is 2. The summed E-state index contributed by atoms with van der Waals surface area (Å²) >= 11 is 0. The van der Waals surface area contributed by atoms with Crippen molar-refractivity contribution in [2.24, 2.45) is 4.99 Å². The van der Waals surface area contributed by atoms with E-state index in [9.17, 15) is 0 Å². The Morgan fingerprint density at radius 2 is 2.30 bits per heavy atom.